The maximum absolute atomic E-state index is 13.0. The Balaban J connectivity index is 1.76. The van der Waals surface area contributed by atoms with Crippen molar-refractivity contribution in [1.82, 2.24) is 4.31 Å². The Bertz CT molecular complexity index is 982. The number of nitrogens with one attached hydrogen (secondary N) is 1. The second-order valence-corrected chi connectivity index (χ2v) is 9.22. The topological polar surface area (TPSA) is 75.7 Å². The van der Waals surface area contributed by atoms with Crippen LogP contribution < -0.4 is 10.1 Å². The van der Waals surface area contributed by atoms with Gasteiger partial charge in [-0.2, -0.15) is 4.31 Å². The molecule has 0 aromatic heterocycles. The van der Waals surface area contributed by atoms with Gasteiger partial charge in [0.1, 0.15) is 5.75 Å². The number of anilines is 1. The molecule has 6 nitrogen and oxygen atoms in total. The van der Waals surface area contributed by atoms with Gasteiger partial charge in [-0.3, -0.25) is 4.79 Å². The summed E-state index contributed by atoms with van der Waals surface area (Å²) in [5.74, 6) is -0.314. The summed E-state index contributed by atoms with van der Waals surface area (Å²) in [5.41, 5.74) is 0.510. The molecule has 1 heterocycles. The van der Waals surface area contributed by atoms with Crippen LogP contribution in [-0.2, 0) is 14.8 Å². The zero-order chi connectivity index (χ0) is 20.3. The van der Waals surface area contributed by atoms with E-state index in [4.69, 9.17) is 27.9 Å². The number of hydrogen-bond acceptors (Lipinski definition) is 4. The Morgan fingerprint density at radius 2 is 1.93 bits per heavy atom. The number of methoxy groups -OCH3 is 1. The van der Waals surface area contributed by atoms with Crippen LogP contribution in [0.3, 0.4) is 0 Å². The lowest BCUT2D eigenvalue weighted by atomic mass is 9.99. The molecule has 1 amide bonds. The Labute approximate surface area is 174 Å². The molecular weight excluding hydrogens is 423 g/mol. The molecule has 1 fully saturated rings. The fraction of sp³-hybridized carbons (Fsp3) is 0.316. The number of hydrogen-bond donors (Lipinski definition) is 1. The van der Waals surface area contributed by atoms with E-state index in [1.165, 1.54) is 29.6 Å². The Morgan fingerprint density at radius 3 is 2.61 bits per heavy atom. The van der Waals surface area contributed by atoms with Gasteiger partial charge in [-0.05, 0) is 43.2 Å². The van der Waals surface area contributed by atoms with E-state index in [1.807, 2.05) is 0 Å². The molecule has 1 N–H and O–H groups in total. The van der Waals surface area contributed by atoms with Crippen LogP contribution in [0.4, 0.5) is 5.69 Å². The Hall–Kier alpha value is -1.80. The number of ether oxygens (including phenoxy) is 1. The van der Waals surface area contributed by atoms with Crippen LogP contribution in [0, 0.1) is 5.92 Å². The molecule has 1 saturated heterocycles. The van der Waals surface area contributed by atoms with Crippen molar-refractivity contribution in [2.24, 2.45) is 5.92 Å². The van der Waals surface area contributed by atoms with Crippen LogP contribution >= 0.6 is 23.2 Å². The largest absolute Gasteiger partial charge is 0.495 e. The van der Waals surface area contributed by atoms with Gasteiger partial charge in [0.05, 0.1) is 33.7 Å². The molecule has 0 bridgehead atoms. The van der Waals surface area contributed by atoms with Gasteiger partial charge in [0.25, 0.3) is 0 Å². The van der Waals surface area contributed by atoms with Crippen molar-refractivity contribution >= 4 is 44.8 Å². The SMILES string of the molecule is COc1ccc(S(=O)(=O)N2CCC[C@@H](C(=O)Nc3ccccc3Cl)C2)cc1Cl. The lowest BCUT2D eigenvalue weighted by molar-refractivity contribution is -0.120. The third-order valence-corrected chi connectivity index (χ3v) is 7.13. The highest BCUT2D eigenvalue weighted by Crippen LogP contribution is 2.30. The highest BCUT2D eigenvalue weighted by molar-refractivity contribution is 7.89. The molecule has 1 aliphatic rings. The first-order valence-electron chi connectivity index (χ1n) is 8.72. The predicted molar refractivity (Wildman–Crippen MR) is 110 cm³/mol. The molecule has 0 radical (unpaired) electrons. The summed E-state index contributed by atoms with van der Waals surface area (Å²) < 4.78 is 32.4. The van der Waals surface area contributed by atoms with E-state index in [1.54, 1.807) is 24.3 Å². The zero-order valence-electron chi connectivity index (χ0n) is 15.2. The fourth-order valence-electron chi connectivity index (χ4n) is 3.13. The molecule has 28 heavy (non-hydrogen) atoms. The molecule has 9 heteroatoms. The normalized spacial score (nSPS) is 17.9. The minimum Gasteiger partial charge on any atom is -0.495 e. The number of carbonyl (C=O) groups is 1. The van der Waals surface area contributed by atoms with Gasteiger partial charge in [0.15, 0.2) is 0 Å². The van der Waals surface area contributed by atoms with Crippen molar-refractivity contribution in [2.75, 3.05) is 25.5 Å². The maximum atomic E-state index is 13.0. The molecule has 3 rings (SSSR count). The van der Waals surface area contributed by atoms with Gasteiger partial charge in [-0.1, -0.05) is 35.3 Å². The van der Waals surface area contributed by atoms with E-state index in [9.17, 15) is 13.2 Å². The number of rotatable bonds is 5. The van der Waals surface area contributed by atoms with Crippen molar-refractivity contribution in [3.8, 4) is 5.75 Å². The summed E-state index contributed by atoms with van der Waals surface area (Å²) in [6, 6.07) is 11.3. The number of carbonyl (C=O) groups excluding carboxylic acids is 1. The number of para-hydroxylation sites is 1. The summed E-state index contributed by atoms with van der Waals surface area (Å²) in [7, 11) is -2.31. The Morgan fingerprint density at radius 1 is 1.18 bits per heavy atom. The summed E-state index contributed by atoms with van der Waals surface area (Å²) >= 11 is 12.2. The van der Waals surface area contributed by atoms with Crippen LogP contribution in [0.5, 0.6) is 5.75 Å². The molecule has 2 aromatic carbocycles. The average Bonchev–Trinajstić information content (AvgIpc) is 2.69. The van der Waals surface area contributed by atoms with Gasteiger partial charge in [-0.25, -0.2) is 8.42 Å². The third kappa shape index (κ3) is 4.43. The molecule has 0 spiro atoms. The van der Waals surface area contributed by atoms with E-state index in [-0.39, 0.29) is 22.4 Å². The summed E-state index contributed by atoms with van der Waals surface area (Å²) in [5, 5.41) is 3.44. The van der Waals surface area contributed by atoms with Gasteiger partial charge in [0.2, 0.25) is 15.9 Å². The molecule has 0 saturated carbocycles. The second-order valence-electron chi connectivity index (χ2n) is 6.47. The first kappa shape index (κ1) is 20.9. The smallest absolute Gasteiger partial charge is 0.243 e. The van der Waals surface area contributed by atoms with E-state index in [0.717, 1.165) is 0 Å². The standard InChI is InChI=1S/C19H20Cl2N2O4S/c1-27-18-9-8-14(11-16(18)21)28(25,26)23-10-4-5-13(12-23)19(24)22-17-7-3-2-6-15(17)20/h2-3,6-9,11,13H,4-5,10,12H2,1H3,(H,22,24)/t13-/m1/s1. The molecule has 150 valence electrons. The van der Waals surface area contributed by atoms with E-state index in [2.05, 4.69) is 5.32 Å². The summed E-state index contributed by atoms with van der Waals surface area (Å²) in [4.78, 5) is 12.7. The lowest BCUT2D eigenvalue weighted by Gasteiger charge is -2.31. The van der Waals surface area contributed by atoms with Crippen molar-refractivity contribution < 1.29 is 17.9 Å². The quantitative estimate of drug-likeness (QED) is 0.757. The van der Waals surface area contributed by atoms with Gasteiger partial charge in [0, 0.05) is 13.1 Å². The number of benzene rings is 2. The van der Waals surface area contributed by atoms with Crippen molar-refractivity contribution in [2.45, 2.75) is 17.7 Å². The lowest BCUT2D eigenvalue weighted by Crippen LogP contribution is -2.43. The first-order chi connectivity index (χ1) is 13.3. The van der Waals surface area contributed by atoms with Crippen LogP contribution in [0.2, 0.25) is 10.0 Å². The molecular formula is C19H20Cl2N2O4S. The van der Waals surface area contributed by atoms with Gasteiger partial charge in [-0.15, -0.1) is 0 Å². The molecule has 1 aliphatic heterocycles. The minimum absolute atomic E-state index is 0.0745. The molecule has 0 unspecified atom stereocenters. The monoisotopic (exact) mass is 442 g/mol. The first-order valence-corrected chi connectivity index (χ1v) is 10.9. The molecule has 0 aliphatic carbocycles. The predicted octanol–water partition coefficient (Wildman–Crippen LogP) is 4.04. The number of piperidine rings is 1. The van der Waals surface area contributed by atoms with Crippen molar-refractivity contribution in [3.05, 3.63) is 52.5 Å². The molecule has 1 atom stereocenters. The van der Waals surface area contributed by atoms with Crippen LogP contribution in [0.25, 0.3) is 0 Å². The highest BCUT2D eigenvalue weighted by atomic mass is 35.5. The van der Waals surface area contributed by atoms with Gasteiger partial charge < -0.3 is 10.1 Å². The minimum atomic E-state index is -3.77. The maximum Gasteiger partial charge on any atom is 0.243 e. The molecule has 2 aromatic rings. The second kappa shape index (κ2) is 8.69. The van der Waals surface area contributed by atoms with Gasteiger partial charge >= 0.3 is 0 Å². The highest BCUT2D eigenvalue weighted by Gasteiger charge is 2.33. The number of sulfonamides is 1. The number of amides is 1. The van der Waals surface area contributed by atoms with Crippen LogP contribution in [0.15, 0.2) is 47.4 Å². The number of nitrogens with zero attached hydrogens (tertiary/aromatic N) is 1. The van der Waals surface area contributed by atoms with Crippen LogP contribution in [0.1, 0.15) is 12.8 Å². The van der Waals surface area contributed by atoms with Crippen molar-refractivity contribution in [3.63, 3.8) is 0 Å². The van der Waals surface area contributed by atoms with Crippen molar-refractivity contribution in [1.29, 1.82) is 0 Å². The summed E-state index contributed by atoms with van der Waals surface area (Å²) in [6.45, 7) is 0.449. The van der Waals surface area contributed by atoms with E-state index < -0.39 is 15.9 Å². The third-order valence-electron chi connectivity index (χ3n) is 4.65. The Kier molecular flexibility index (Phi) is 6.50. The fourth-order valence-corrected chi connectivity index (χ4v) is 5.18. The van der Waals surface area contributed by atoms with Crippen LogP contribution in [-0.4, -0.2) is 38.8 Å². The van der Waals surface area contributed by atoms with E-state index >= 15 is 0 Å². The van der Waals surface area contributed by atoms with E-state index in [0.29, 0.717) is 35.8 Å². The zero-order valence-corrected chi connectivity index (χ0v) is 17.5. The number of halogens is 2. The summed E-state index contributed by atoms with van der Waals surface area (Å²) in [6.07, 6.45) is 1.19. The average molecular weight is 443 g/mol.